The number of anilines is 1. The largest absolute Gasteiger partial charge is 0.457 e. The van der Waals surface area contributed by atoms with Crippen LogP contribution in [0.2, 0.25) is 0 Å². The van der Waals surface area contributed by atoms with Crippen molar-refractivity contribution in [2.24, 2.45) is 0 Å². The van der Waals surface area contributed by atoms with Crippen molar-refractivity contribution in [2.75, 3.05) is 5.32 Å². The van der Waals surface area contributed by atoms with Crippen LogP contribution in [0.4, 0.5) is 5.69 Å². The first-order valence-electron chi connectivity index (χ1n) is 8.13. The highest BCUT2D eigenvalue weighted by atomic mass is 16.5. The highest BCUT2D eigenvalue weighted by Gasteiger charge is 2.09. The summed E-state index contributed by atoms with van der Waals surface area (Å²) in [5.74, 6) is 1.04. The van der Waals surface area contributed by atoms with Crippen molar-refractivity contribution in [3.8, 4) is 11.5 Å². The van der Waals surface area contributed by atoms with Gasteiger partial charge in [0.05, 0.1) is 5.52 Å². The summed E-state index contributed by atoms with van der Waals surface area (Å²) >= 11 is 0. The van der Waals surface area contributed by atoms with Crippen LogP contribution in [0.5, 0.6) is 11.5 Å². The molecule has 0 radical (unpaired) electrons. The Balaban J connectivity index is 1.52. The fourth-order valence-electron chi connectivity index (χ4n) is 2.57. The van der Waals surface area contributed by atoms with Gasteiger partial charge in [-0.1, -0.05) is 30.3 Å². The number of nitrogens with one attached hydrogen (secondary N) is 1. The summed E-state index contributed by atoms with van der Waals surface area (Å²) < 4.78 is 5.76. The standard InChI is InChI=1S/C21H15N3O2/c25-21(20-9-8-15-4-1-2-7-19(15)24-20)23-16-5-3-6-18(14-16)26-17-10-12-22-13-11-17/h1-14H,(H,23,25). The maximum absolute atomic E-state index is 12.5. The number of para-hydroxylation sites is 1. The number of hydrogen-bond acceptors (Lipinski definition) is 4. The van der Waals surface area contributed by atoms with Gasteiger partial charge in [0.2, 0.25) is 0 Å². The molecule has 5 heteroatoms. The highest BCUT2D eigenvalue weighted by Crippen LogP contribution is 2.24. The molecule has 4 rings (SSSR count). The monoisotopic (exact) mass is 341 g/mol. The number of benzene rings is 2. The third kappa shape index (κ3) is 3.52. The number of hydrogen-bond donors (Lipinski definition) is 1. The van der Waals surface area contributed by atoms with E-state index in [1.54, 1.807) is 42.7 Å². The van der Waals surface area contributed by atoms with E-state index in [1.807, 2.05) is 42.5 Å². The van der Waals surface area contributed by atoms with Crippen LogP contribution in [-0.4, -0.2) is 15.9 Å². The van der Waals surface area contributed by atoms with Gasteiger partial charge >= 0.3 is 0 Å². The predicted octanol–water partition coefficient (Wildman–Crippen LogP) is 4.67. The number of fused-ring (bicyclic) bond motifs is 1. The second-order valence-corrected chi connectivity index (χ2v) is 5.66. The zero-order chi connectivity index (χ0) is 17.8. The topological polar surface area (TPSA) is 64.1 Å². The first-order valence-corrected chi connectivity index (χ1v) is 8.13. The Labute approximate surface area is 150 Å². The van der Waals surface area contributed by atoms with Crippen molar-refractivity contribution in [1.82, 2.24) is 9.97 Å². The Hall–Kier alpha value is -3.73. The van der Waals surface area contributed by atoms with Gasteiger partial charge in [-0.05, 0) is 36.4 Å². The molecule has 1 amide bonds. The van der Waals surface area contributed by atoms with Crippen LogP contribution >= 0.6 is 0 Å². The van der Waals surface area contributed by atoms with E-state index in [0.29, 0.717) is 22.9 Å². The lowest BCUT2D eigenvalue weighted by atomic mass is 10.2. The number of carbonyl (C=O) groups is 1. The summed E-state index contributed by atoms with van der Waals surface area (Å²) in [5, 5.41) is 3.85. The van der Waals surface area contributed by atoms with E-state index in [1.165, 1.54) is 0 Å². The highest BCUT2D eigenvalue weighted by molar-refractivity contribution is 6.04. The van der Waals surface area contributed by atoms with Gasteiger partial charge in [0.1, 0.15) is 17.2 Å². The molecule has 126 valence electrons. The molecular weight excluding hydrogens is 326 g/mol. The van der Waals surface area contributed by atoms with E-state index in [-0.39, 0.29) is 5.91 Å². The van der Waals surface area contributed by atoms with Gasteiger partial charge in [-0.2, -0.15) is 0 Å². The Bertz CT molecular complexity index is 1060. The van der Waals surface area contributed by atoms with E-state index in [2.05, 4.69) is 15.3 Å². The smallest absolute Gasteiger partial charge is 0.274 e. The number of nitrogens with zero attached hydrogens (tertiary/aromatic N) is 2. The van der Waals surface area contributed by atoms with Crippen LogP contribution in [0, 0.1) is 0 Å². The van der Waals surface area contributed by atoms with Gasteiger partial charge in [0, 0.05) is 29.5 Å². The van der Waals surface area contributed by atoms with Crippen LogP contribution in [0.3, 0.4) is 0 Å². The summed E-state index contributed by atoms with van der Waals surface area (Å²) in [6, 6.07) is 22.0. The van der Waals surface area contributed by atoms with E-state index >= 15 is 0 Å². The van der Waals surface area contributed by atoms with E-state index in [9.17, 15) is 4.79 Å². The summed E-state index contributed by atoms with van der Waals surface area (Å²) in [7, 11) is 0. The van der Waals surface area contributed by atoms with E-state index < -0.39 is 0 Å². The molecule has 0 aliphatic rings. The lowest BCUT2D eigenvalue weighted by Crippen LogP contribution is -2.13. The molecule has 0 aliphatic heterocycles. The van der Waals surface area contributed by atoms with Gasteiger partial charge in [-0.3, -0.25) is 9.78 Å². The molecule has 0 spiro atoms. The van der Waals surface area contributed by atoms with Gasteiger partial charge in [0.15, 0.2) is 0 Å². The maximum Gasteiger partial charge on any atom is 0.274 e. The number of amides is 1. The van der Waals surface area contributed by atoms with Gasteiger partial charge in [-0.25, -0.2) is 4.98 Å². The Kier molecular flexibility index (Phi) is 4.26. The Morgan fingerprint density at radius 1 is 0.846 bits per heavy atom. The lowest BCUT2D eigenvalue weighted by Gasteiger charge is -2.09. The maximum atomic E-state index is 12.5. The molecule has 1 N–H and O–H groups in total. The van der Waals surface area contributed by atoms with Crippen LogP contribution < -0.4 is 10.1 Å². The van der Waals surface area contributed by atoms with Gasteiger partial charge in [0.25, 0.3) is 5.91 Å². The van der Waals surface area contributed by atoms with Crippen molar-refractivity contribution in [1.29, 1.82) is 0 Å². The molecule has 2 aromatic carbocycles. The molecule has 2 aromatic heterocycles. The van der Waals surface area contributed by atoms with Crippen LogP contribution in [-0.2, 0) is 0 Å². The molecule has 0 atom stereocenters. The van der Waals surface area contributed by atoms with Crippen molar-refractivity contribution in [3.05, 3.63) is 90.9 Å². The molecule has 4 aromatic rings. The van der Waals surface area contributed by atoms with Crippen LogP contribution in [0.15, 0.2) is 85.2 Å². The van der Waals surface area contributed by atoms with Gasteiger partial charge in [-0.15, -0.1) is 0 Å². The minimum atomic E-state index is -0.267. The second-order valence-electron chi connectivity index (χ2n) is 5.66. The molecule has 0 saturated heterocycles. The number of carbonyl (C=O) groups excluding carboxylic acids is 1. The molecule has 0 unspecified atom stereocenters. The normalized spacial score (nSPS) is 10.5. The molecule has 0 bridgehead atoms. The average Bonchev–Trinajstić information content (AvgIpc) is 2.68. The van der Waals surface area contributed by atoms with Crippen molar-refractivity contribution >= 4 is 22.5 Å². The van der Waals surface area contributed by atoms with Crippen molar-refractivity contribution in [2.45, 2.75) is 0 Å². The van der Waals surface area contributed by atoms with Gasteiger partial charge < -0.3 is 10.1 Å². The molecule has 5 nitrogen and oxygen atoms in total. The third-order valence-corrected chi connectivity index (χ3v) is 3.81. The summed E-state index contributed by atoms with van der Waals surface area (Å²) in [5.41, 5.74) is 1.79. The predicted molar refractivity (Wildman–Crippen MR) is 100 cm³/mol. The third-order valence-electron chi connectivity index (χ3n) is 3.81. The summed E-state index contributed by atoms with van der Waals surface area (Å²) in [6.45, 7) is 0. The molecular formula is C21H15N3O2. The average molecular weight is 341 g/mol. The van der Waals surface area contributed by atoms with E-state index in [0.717, 1.165) is 10.9 Å². The molecule has 0 fully saturated rings. The molecule has 26 heavy (non-hydrogen) atoms. The first-order chi connectivity index (χ1) is 12.8. The van der Waals surface area contributed by atoms with E-state index in [4.69, 9.17) is 4.74 Å². The Morgan fingerprint density at radius 2 is 1.69 bits per heavy atom. The fraction of sp³-hybridized carbons (Fsp3) is 0. The molecule has 0 saturated carbocycles. The first kappa shape index (κ1) is 15.8. The zero-order valence-corrected chi connectivity index (χ0v) is 13.8. The molecule has 0 aliphatic carbocycles. The Morgan fingerprint density at radius 3 is 2.58 bits per heavy atom. The summed E-state index contributed by atoms with van der Waals surface area (Å²) in [4.78, 5) is 20.9. The lowest BCUT2D eigenvalue weighted by molar-refractivity contribution is 0.102. The minimum absolute atomic E-state index is 0.267. The number of rotatable bonds is 4. The number of ether oxygens (including phenoxy) is 1. The molecule has 2 heterocycles. The number of pyridine rings is 2. The van der Waals surface area contributed by atoms with Crippen molar-refractivity contribution < 1.29 is 9.53 Å². The second kappa shape index (κ2) is 7.03. The SMILES string of the molecule is O=C(Nc1cccc(Oc2ccncc2)c1)c1ccc2ccccc2n1. The minimum Gasteiger partial charge on any atom is -0.457 e. The fourth-order valence-corrected chi connectivity index (χ4v) is 2.57. The number of aromatic nitrogens is 2. The van der Waals surface area contributed by atoms with Crippen LogP contribution in [0.25, 0.3) is 10.9 Å². The summed E-state index contributed by atoms with van der Waals surface area (Å²) in [6.07, 6.45) is 3.32. The zero-order valence-electron chi connectivity index (χ0n) is 13.8. The van der Waals surface area contributed by atoms with Crippen molar-refractivity contribution in [3.63, 3.8) is 0 Å². The quantitative estimate of drug-likeness (QED) is 0.586. The van der Waals surface area contributed by atoms with Crippen LogP contribution in [0.1, 0.15) is 10.5 Å².